The van der Waals surface area contributed by atoms with E-state index in [4.69, 9.17) is 4.74 Å². The Morgan fingerprint density at radius 2 is 2.18 bits per heavy atom. The molecule has 5 heteroatoms. The van der Waals surface area contributed by atoms with Crippen molar-refractivity contribution < 1.29 is 12.6 Å². The first-order valence-electron chi connectivity index (χ1n) is 3.50. The standard InChI is InChI=1S/C6H10INO3/c7-11-6(9)8-5-1-3-10-4-2-5/h5H,1-4H2,(H,8,9). The maximum atomic E-state index is 10.7. The van der Waals surface area contributed by atoms with Gasteiger partial charge in [-0.15, -0.1) is 0 Å². The lowest BCUT2D eigenvalue weighted by Crippen LogP contribution is -2.38. The molecular formula is C6H10INO3. The molecule has 0 radical (unpaired) electrons. The normalized spacial score (nSPS) is 19.4. The number of nitrogens with one attached hydrogen (secondary N) is 1. The summed E-state index contributed by atoms with van der Waals surface area (Å²) < 4.78 is 9.55. The minimum Gasteiger partial charge on any atom is -0.381 e. The fraction of sp³-hybridized carbons (Fsp3) is 0.833. The van der Waals surface area contributed by atoms with Gasteiger partial charge in [0, 0.05) is 19.3 Å². The Morgan fingerprint density at radius 1 is 1.55 bits per heavy atom. The zero-order chi connectivity index (χ0) is 8.10. The van der Waals surface area contributed by atoms with Gasteiger partial charge in [-0.2, -0.15) is 0 Å². The van der Waals surface area contributed by atoms with E-state index >= 15 is 0 Å². The Labute approximate surface area is 79.3 Å². The first-order valence-corrected chi connectivity index (χ1v) is 4.38. The Bertz CT molecular complexity index is 136. The molecule has 11 heavy (non-hydrogen) atoms. The van der Waals surface area contributed by atoms with Crippen LogP contribution in [0.4, 0.5) is 4.79 Å². The second-order valence-corrected chi connectivity index (χ2v) is 2.84. The molecule has 0 aromatic heterocycles. The van der Waals surface area contributed by atoms with Crippen molar-refractivity contribution in [3.05, 3.63) is 0 Å². The van der Waals surface area contributed by atoms with Crippen LogP contribution in [0.3, 0.4) is 0 Å². The van der Waals surface area contributed by atoms with Crippen LogP contribution in [0.1, 0.15) is 12.8 Å². The molecule has 1 amide bonds. The van der Waals surface area contributed by atoms with Gasteiger partial charge in [-0.25, -0.2) is 4.79 Å². The molecule has 1 fully saturated rings. The SMILES string of the molecule is O=C(NC1CCOCC1)OI. The highest BCUT2D eigenvalue weighted by atomic mass is 127. The molecule has 64 valence electrons. The van der Waals surface area contributed by atoms with Gasteiger partial charge in [0.25, 0.3) is 0 Å². The van der Waals surface area contributed by atoms with Crippen LogP contribution in [0, 0.1) is 0 Å². The summed E-state index contributed by atoms with van der Waals surface area (Å²) in [6, 6.07) is 0.228. The highest BCUT2D eigenvalue weighted by molar-refractivity contribution is 14.1. The maximum Gasteiger partial charge on any atom is 0.416 e. The first kappa shape index (κ1) is 9.05. The minimum atomic E-state index is -0.363. The van der Waals surface area contributed by atoms with Crippen LogP contribution in [0.2, 0.25) is 0 Å². The lowest BCUT2D eigenvalue weighted by molar-refractivity contribution is 0.0786. The van der Waals surface area contributed by atoms with Gasteiger partial charge in [-0.3, -0.25) is 0 Å². The predicted octanol–water partition coefficient (Wildman–Crippen LogP) is 1.24. The molecule has 0 unspecified atom stereocenters. The third kappa shape index (κ3) is 3.24. The lowest BCUT2D eigenvalue weighted by Gasteiger charge is -2.21. The number of carbonyl (C=O) groups is 1. The van der Waals surface area contributed by atoms with Gasteiger partial charge >= 0.3 is 6.09 Å². The van der Waals surface area contributed by atoms with E-state index in [1.165, 1.54) is 0 Å². The Balaban J connectivity index is 2.19. The van der Waals surface area contributed by atoms with Crippen LogP contribution in [0.5, 0.6) is 0 Å². The lowest BCUT2D eigenvalue weighted by atomic mass is 10.1. The van der Waals surface area contributed by atoms with Crippen LogP contribution in [0.15, 0.2) is 0 Å². The van der Waals surface area contributed by atoms with Crippen molar-refractivity contribution in [3.8, 4) is 0 Å². The molecular weight excluding hydrogens is 261 g/mol. The highest BCUT2D eigenvalue weighted by Crippen LogP contribution is 2.06. The predicted molar refractivity (Wildman–Crippen MR) is 47.5 cm³/mol. The smallest absolute Gasteiger partial charge is 0.381 e. The second-order valence-electron chi connectivity index (χ2n) is 2.40. The van der Waals surface area contributed by atoms with Crippen molar-refractivity contribution in [2.75, 3.05) is 13.2 Å². The molecule has 1 saturated heterocycles. The molecule has 0 aromatic carbocycles. The minimum absolute atomic E-state index is 0.228. The topological polar surface area (TPSA) is 47.6 Å². The summed E-state index contributed by atoms with van der Waals surface area (Å²) in [4.78, 5) is 10.7. The van der Waals surface area contributed by atoms with E-state index in [2.05, 4.69) is 8.38 Å². The molecule has 0 saturated carbocycles. The van der Waals surface area contributed by atoms with E-state index in [0.717, 1.165) is 26.1 Å². The molecule has 0 aliphatic carbocycles. The summed E-state index contributed by atoms with van der Waals surface area (Å²) >= 11 is 1.57. The Morgan fingerprint density at radius 3 is 2.73 bits per heavy atom. The molecule has 4 nitrogen and oxygen atoms in total. The third-order valence-corrected chi connectivity index (χ3v) is 2.01. The van der Waals surface area contributed by atoms with E-state index in [1.807, 2.05) is 0 Å². The number of hydrogen-bond acceptors (Lipinski definition) is 3. The van der Waals surface area contributed by atoms with Crippen molar-refractivity contribution in [3.63, 3.8) is 0 Å². The van der Waals surface area contributed by atoms with Gasteiger partial charge in [0.2, 0.25) is 0 Å². The van der Waals surface area contributed by atoms with Crippen LogP contribution in [0.25, 0.3) is 0 Å². The van der Waals surface area contributed by atoms with E-state index in [0.29, 0.717) is 0 Å². The number of amides is 1. The summed E-state index contributed by atoms with van der Waals surface area (Å²) in [5.74, 6) is 0. The first-order chi connectivity index (χ1) is 5.33. The second kappa shape index (κ2) is 4.76. The number of halogens is 1. The summed E-state index contributed by atoms with van der Waals surface area (Å²) in [5, 5.41) is 2.72. The van der Waals surface area contributed by atoms with Crippen LogP contribution in [-0.2, 0) is 7.80 Å². The van der Waals surface area contributed by atoms with Crippen LogP contribution in [-0.4, -0.2) is 25.3 Å². The van der Waals surface area contributed by atoms with Crippen molar-refractivity contribution in [1.82, 2.24) is 5.32 Å². The van der Waals surface area contributed by atoms with Crippen LogP contribution < -0.4 is 5.32 Å². The van der Waals surface area contributed by atoms with Crippen molar-refractivity contribution in [2.24, 2.45) is 0 Å². The molecule has 1 aliphatic rings. The molecule has 1 heterocycles. The molecule has 0 aromatic rings. The number of carbonyl (C=O) groups excluding carboxylic acids is 1. The van der Waals surface area contributed by atoms with Crippen molar-refractivity contribution in [1.29, 1.82) is 0 Å². The average Bonchev–Trinajstić information content (AvgIpc) is 2.06. The van der Waals surface area contributed by atoms with E-state index in [1.54, 1.807) is 23.0 Å². The number of hydrogen-bond donors (Lipinski definition) is 1. The van der Waals surface area contributed by atoms with E-state index in [9.17, 15) is 4.79 Å². The number of ether oxygens (including phenoxy) is 1. The maximum absolute atomic E-state index is 10.7. The van der Waals surface area contributed by atoms with Gasteiger partial charge < -0.3 is 13.1 Å². The van der Waals surface area contributed by atoms with Crippen LogP contribution >= 0.6 is 23.0 Å². The zero-order valence-corrected chi connectivity index (χ0v) is 8.17. The molecule has 1 aliphatic heterocycles. The summed E-state index contributed by atoms with van der Waals surface area (Å²) in [6.07, 6.45) is 1.40. The van der Waals surface area contributed by atoms with E-state index in [-0.39, 0.29) is 12.1 Å². The Kier molecular flexibility index (Phi) is 3.92. The fourth-order valence-electron chi connectivity index (χ4n) is 1.03. The monoisotopic (exact) mass is 271 g/mol. The van der Waals surface area contributed by atoms with E-state index < -0.39 is 0 Å². The molecule has 0 spiro atoms. The Hall–Kier alpha value is -0.0400. The molecule has 1 rings (SSSR count). The largest absolute Gasteiger partial charge is 0.416 e. The van der Waals surface area contributed by atoms with Crippen molar-refractivity contribution >= 4 is 29.1 Å². The molecule has 1 N–H and O–H groups in total. The fourth-order valence-corrected chi connectivity index (χ4v) is 1.16. The van der Waals surface area contributed by atoms with Gasteiger partial charge in [0.05, 0.1) is 0 Å². The third-order valence-electron chi connectivity index (χ3n) is 1.61. The summed E-state index contributed by atoms with van der Waals surface area (Å²) in [7, 11) is 0. The highest BCUT2D eigenvalue weighted by Gasteiger charge is 2.15. The average molecular weight is 271 g/mol. The van der Waals surface area contributed by atoms with Gasteiger partial charge in [0.1, 0.15) is 0 Å². The molecule has 0 bridgehead atoms. The number of rotatable bonds is 1. The molecule has 0 atom stereocenters. The van der Waals surface area contributed by atoms with Gasteiger partial charge in [0.15, 0.2) is 23.0 Å². The van der Waals surface area contributed by atoms with Crippen molar-refractivity contribution in [2.45, 2.75) is 18.9 Å². The summed E-state index contributed by atoms with van der Waals surface area (Å²) in [5.41, 5.74) is 0. The van der Waals surface area contributed by atoms with Gasteiger partial charge in [-0.05, 0) is 12.8 Å². The summed E-state index contributed by atoms with van der Waals surface area (Å²) in [6.45, 7) is 1.46. The zero-order valence-electron chi connectivity index (χ0n) is 6.01. The quantitative estimate of drug-likeness (QED) is 0.730. The van der Waals surface area contributed by atoms with Gasteiger partial charge in [-0.1, -0.05) is 0 Å².